The topological polar surface area (TPSA) is 51.5 Å². The summed E-state index contributed by atoms with van der Waals surface area (Å²) in [4.78, 5) is 12.2. The standard InChI is InChI=1S/C15H19NO3/c1-4-11(9-18-3)16-15(17)14-10(2)12-7-5-6-8-13(12)19-14/h5-8,11H,4,9H2,1-3H3,(H,16,17). The van der Waals surface area contributed by atoms with Crippen molar-refractivity contribution in [2.75, 3.05) is 13.7 Å². The molecule has 1 N–H and O–H groups in total. The third-order valence-electron chi connectivity index (χ3n) is 3.25. The molecular formula is C15H19NO3. The van der Waals surface area contributed by atoms with Crippen molar-refractivity contribution in [3.05, 3.63) is 35.6 Å². The van der Waals surface area contributed by atoms with Gasteiger partial charge in [-0.2, -0.15) is 0 Å². The predicted molar refractivity (Wildman–Crippen MR) is 74.4 cm³/mol. The molecule has 1 atom stereocenters. The summed E-state index contributed by atoms with van der Waals surface area (Å²) in [5.41, 5.74) is 1.62. The van der Waals surface area contributed by atoms with Crippen LogP contribution >= 0.6 is 0 Å². The van der Waals surface area contributed by atoms with Crippen molar-refractivity contribution in [1.29, 1.82) is 0 Å². The first-order valence-electron chi connectivity index (χ1n) is 6.45. The van der Waals surface area contributed by atoms with Crippen molar-refractivity contribution in [3.63, 3.8) is 0 Å². The summed E-state index contributed by atoms with van der Waals surface area (Å²) >= 11 is 0. The van der Waals surface area contributed by atoms with Crippen LogP contribution in [0.4, 0.5) is 0 Å². The van der Waals surface area contributed by atoms with E-state index in [-0.39, 0.29) is 11.9 Å². The fourth-order valence-corrected chi connectivity index (χ4v) is 2.10. The lowest BCUT2D eigenvalue weighted by atomic mass is 10.1. The van der Waals surface area contributed by atoms with Crippen LogP contribution in [-0.4, -0.2) is 25.7 Å². The Balaban J connectivity index is 2.24. The highest BCUT2D eigenvalue weighted by Crippen LogP contribution is 2.24. The van der Waals surface area contributed by atoms with Crippen LogP contribution in [0.1, 0.15) is 29.5 Å². The Hall–Kier alpha value is -1.81. The van der Waals surface area contributed by atoms with Gasteiger partial charge in [-0.15, -0.1) is 0 Å². The van der Waals surface area contributed by atoms with Gasteiger partial charge in [-0.3, -0.25) is 4.79 Å². The van der Waals surface area contributed by atoms with Gasteiger partial charge in [0.05, 0.1) is 12.6 Å². The molecule has 2 aromatic rings. The number of ether oxygens (including phenoxy) is 1. The highest BCUT2D eigenvalue weighted by molar-refractivity contribution is 5.99. The number of rotatable bonds is 5. The van der Waals surface area contributed by atoms with E-state index in [0.29, 0.717) is 12.4 Å². The molecule has 0 fully saturated rings. The molecule has 4 heteroatoms. The van der Waals surface area contributed by atoms with Crippen molar-refractivity contribution < 1.29 is 13.9 Å². The SMILES string of the molecule is CCC(COC)NC(=O)c1oc2ccccc2c1C. The fraction of sp³-hybridized carbons (Fsp3) is 0.400. The van der Waals surface area contributed by atoms with Gasteiger partial charge in [0.2, 0.25) is 0 Å². The lowest BCUT2D eigenvalue weighted by Gasteiger charge is -2.15. The second-order valence-corrected chi connectivity index (χ2v) is 4.59. The summed E-state index contributed by atoms with van der Waals surface area (Å²) in [5, 5.41) is 3.91. The molecule has 2 rings (SSSR count). The molecule has 0 saturated heterocycles. The summed E-state index contributed by atoms with van der Waals surface area (Å²) < 4.78 is 10.7. The number of carbonyl (C=O) groups is 1. The van der Waals surface area contributed by atoms with E-state index < -0.39 is 0 Å². The van der Waals surface area contributed by atoms with Crippen molar-refractivity contribution in [3.8, 4) is 0 Å². The summed E-state index contributed by atoms with van der Waals surface area (Å²) in [6.07, 6.45) is 0.818. The minimum Gasteiger partial charge on any atom is -0.451 e. The molecule has 0 bridgehead atoms. The molecule has 1 amide bonds. The first-order chi connectivity index (χ1) is 9.17. The van der Waals surface area contributed by atoms with E-state index in [0.717, 1.165) is 23.0 Å². The van der Waals surface area contributed by atoms with Gasteiger partial charge in [0.25, 0.3) is 5.91 Å². The molecule has 1 aromatic carbocycles. The number of amides is 1. The van der Waals surface area contributed by atoms with Crippen molar-refractivity contribution >= 4 is 16.9 Å². The zero-order valence-electron chi connectivity index (χ0n) is 11.5. The summed E-state index contributed by atoms with van der Waals surface area (Å²) in [7, 11) is 1.63. The van der Waals surface area contributed by atoms with E-state index >= 15 is 0 Å². The van der Waals surface area contributed by atoms with E-state index in [1.54, 1.807) is 7.11 Å². The van der Waals surface area contributed by atoms with Gasteiger partial charge in [0.15, 0.2) is 5.76 Å². The van der Waals surface area contributed by atoms with Crippen molar-refractivity contribution in [2.24, 2.45) is 0 Å². The number of aryl methyl sites for hydroxylation is 1. The van der Waals surface area contributed by atoms with Crippen LogP contribution in [0.5, 0.6) is 0 Å². The second-order valence-electron chi connectivity index (χ2n) is 4.59. The van der Waals surface area contributed by atoms with Crippen LogP contribution in [0.15, 0.2) is 28.7 Å². The molecule has 0 aliphatic heterocycles. The quantitative estimate of drug-likeness (QED) is 0.900. The number of hydrogen-bond donors (Lipinski definition) is 1. The summed E-state index contributed by atoms with van der Waals surface area (Å²) in [6, 6.07) is 7.66. The minimum absolute atomic E-state index is 0.00473. The molecule has 0 aliphatic carbocycles. The maximum atomic E-state index is 12.2. The van der Waals surface area contributed by atoms with Crippen LogP contribution in [-0.2, 0) is 4.74 Å². The average Bonchev–Trinajstić information content (AvgIpc) is 2.76. The molecule has 0 radical (unpaired) electrons. The molecule has 19 heavy (non-hydrogen) atoms. The molecule has 0 spiro atoms. The Morgan fingerprint density at radius 2 is 2.16 bits per heavy atom. The Bertz CT molecular complexity index is 574. The van der Waals surface area contributed by atoms with Crippen LogP contribution < -0.4 is 5.32 Å². The highest BCUT2D eigenvalue weighted by Gasteiger charge is 2.19. The molecule has 4 nitrogen and oxygen atoms in total. The van der Waals surface area contributed by atoms with Crippen LogP contribution in [0.25, 0.3) is 11.0 Å². The Morgan fingerprint density at radius 1 is 1.42 bits per heavy atom. The van der Waals surface area contributed by atoms with Gasteiger partial charge in [0.1, 0.15) is 5.58 Å². The number of fused-ring (bicyclic) bond motifs is 1. The molecule has 0 saturated carbocycles. The number of para-hydroxylation sites is 1. The number of hydrogen-bond acceptors (Lipinski definition) is 3. The van der Waals surface area contributed by atoms with Gasteiger partial charge in [-0.1, -0.05) is 25.1 Å². The molecule has 1 unspecified atom stereocenters. The maximum absolute atomic E-state index is 12.2. The number of nitrogens with one attached hydrogen (secondary N) is 1. The van der Waals surface area contributed by atoms with Gasteiger partial charge in [0, 0.05) is 18.1 Å². The third-order valence-corrected chi connectivity index (χ3v) is 3.25. The Morgan fingerprint density at radius 3 is 2.79 bits per heavy atom. The normalized spacial score (nSPS) is 12.6. The average molecular weight is 261 g/mol. The fourth-order valence-electron chi connectivity index (χ4n) is 2.10. The number of benzene rings is 1. The van der Waals surface area contributed by atoms with Crippen LogP contribution in [0.3, 0.4) is 0 Å². The molecule has 1 aromatic heterocycles. The smallest absolute Gasteiger partial charge is 0.287 e. The first kappa shape index (κ1) is 13.6. The highest BCUT2D eigenvalue weighted by atomic mass is 16.5. The van der Waals surface area contributed by atoms with Crippen LogP contribution in [0.2, 0.25) is 0 Å². The molecule has 0 aliphatic rings. The minimum atomic E-state index is -0.183. The van der Waals surface area contributed by atoms with E-state index in [4.69, 9.17) is 9.15 Å². The Kier molecular flexibility index (Phi) is 4.22. The van der Waals surface area contributed by atoms with Gasteiger partial charge < -0.3 is 14.5 Å². The van der Waals surface area contributed by atoms with E-state index in [9.17, 15) is 4.79 Å². The lowest BCUT2D eigenvalue weighted by molar-refractivity contribution is 0.0868. The third kappa shape index (κ3) is 2.79. The van der Waals surface area contributed by atoms with E-state index in [1.165, 1.54) is 0 Å². The largest absolute Gasteiger partial charge is 0.451 e. The molecule has 102 valence electrons. The first-order valence-corrected chi connectivity index (χ1v) is 6.45. The van der Waals surface area contributed by atoms with Gasteiger partial charge in [-0.05, 0) is 19.4 Å². The van der Waals surface area contributed by atoms with Crippen molar-refractivity contribution in [2.45, 2.75) is 26.3 Å². The number of furan rings is 1. The predicted octanol–water partition coefficient (Wildman–Crippen LogP) is 2.90. The van der Waals surface area contributed by atoms with Crippen molar-refractivity contribution in [1.82, 2.24) is 5.32 Å². The zero-order chi connectivity index (χ0) is 13.8. The number of methoxy groups -OCH3 is 1. The Labute approximate surface area is 112 Å². The summed E-state index contributed by atoms with van der Waals surface area (Å²) in [5.74, 6) is 0.202. The van der Waals surface area contributed by atoms with Gasteiger partial charge >= 0.3 is 0 Å². The van der Waals surface area contributed by atoms with Gasteiger partial charge in [-0.25, -0.2) is 0 Å². The second kappa shape index (κ2) is 5.89. The van der Waals surface area contributed by atoms with Crippen LogP contribution in [0, 0.1) is 6.92 Å². The molecular weight excluding hydrogens is 242 g/mol. The molecule has 1 heterocycles. The summed E-state index contributed by atoms with van der Waals surface area (Å²) in [6.45, 7) is 4.41. The zero-order valence-corrected chi connectivity index (χ0v) is 11.5. The number of carbonyl (C=O) groups excluding carboxylic acids is 1. The monoisotopic (exact) mass is 261 g/mol. The van der Waals surface area contributed by atoms with E-state index in [1.807, 2.05) is 38.1 Å². The lowest BCUT2D eigenvalue weighted by Crippen LogP contribution is -2.37. The maximum Gasteiger partial charge on any atom is 0.287 e. The van der Waals surface area contributed by atoms with E-state index in [2.05, 4.69) is 5.32 Å².